The van der Waals surface area contributed by atoms with Gasteiger partial charge in [-0.25, -0.2) is 0 Å². The molecule has 1 aliphatic heterocycles. The van der Waals surface area contributed by atoms with Crippen LogP contribution in [-0.2, 0) is 12.8 Å². The molecule has 1 aromatic rings. The highest BCUT2D eigenvalue weighted by Crippen LogP contribution is 2.30. The lowest BCUT2D eigenvalue weighted by molar-refractivity contribution is 0.497. The second-order valence-corrected chi connectivity index (χ2v) is 5.44. The van der Waals surface area contributed by atoms with Crippen LogP contribution in [0.1, 0.15) is 31.0 Å². The standard InChI is InChI=1S/C13H22N4/c1-10-3-4-12-11(9-10)13(16-15-12)17-7-2-5-14-6-8-17/h10,14H,2-9H2,1H3,(H,15,16). The van der Waals surface area contributed by atoms with E-state index in [0.717, 1.165) is 32.1 Å². The van der Waals surface area contributed by atoms with E-state index in [-0.39, 0.29) is 0 Å². The summed E-state index contributed by atoms with van der Waals surface area (Å²) >= 11 is 0. The summed E-state index contributed by atoms with van der Waals surface area (Å²) in [6.07, 6.45) is 4.90. The summed E-state index contributed by atoms with van der Waals surface area (Å²) in [7, 11) is 0. The molecule has 2 N–H and O–H groups in total. The Labute approximate surface area is 103 Å². The molecule has 2 heterocycles. The SMILES string of the molecule is CC1CCc2[nH]nc(N3CCCNCC3)c2C1. The number of H-pyrrole nitrogens is 1. The van der Waals surface area contributed by atoms with Gasteiger partial charge in [-0.05, 0) is 38.1 Å². The van der Waals surface area contributed by atoms with Crippen molar-refractivity contribution >= 4 is 5.82 Å². The van der Waals surface area contributed by atoms with E-state index in [4.69, 9.17) is 0 Å². The Kier molecular flexibility index (Phi) is 3.05. The molecular formula is C13H22N4. The smallest absolute Gasteiger partial charge is 0.153 e. The molecular weight excluding hydrogens is 212 g/mol. The normalized spacial score (nSPS) is 25.5. The number of fused-ring (bicyclic) bond motifs is 1. The first-order valence-corrected chi connectivity index (χ1v) is 6.86. The first-order valence-electron chi connectivity index (χ1n) is 6.86. The minimum Gasteiger partial charge on any atom is -0.354 e. The first kappa shape index (κ1) is 11.1. The van der Waals surface area contributed by atoms with Crippen LogP contribution in [0.5, 0.6) is 0 Å². The average Bonchev–Trinajstić information content (AvgIpc) is 2.58. The molecule has 1 atom stereocenters. The van der Waals surface area contributed by atoms with Crippen LogP contribution >= 0.6 is 0 Å². The molecule has 0 bridgehead atoms. The molecule has 1 saturated heterocycles. The van der Waals surface area contributed by atoms with E-state index in [1.165, 1.54) is 42.8 Å². The highest BCUT2D eigenvalue weighted by Gasteiger charge is 2.24. The zero-order chi connectivity index (χ0) is 11.7. The van der Waals surface area contributed by atoms with Gasteiger partial charge in [-0.2, -0.15) is 5.10 Å². The van der Waals surface area contributed by atoms with Crippen molar-refractivity contribution in [1.82, 2.24) is 15.5 Å². The fourth-order valence-electron chi connectivity index (χ4n) is 2.97. The second kappa shape index (κ2) is 4.69. The van der Waals surface area contributed by atoms with Gasteiger partial charge in [-0.1, -0.05) is 6.92 Å². The Morgan fingerprint density at radius 2 is 2.24 bits per heavy atom. The minimum atomic E-state index is 0.809. The minimum absolute atomic E-state index is 0.809. The Bertz CT molecular complexity index is 377. The predicted molar refractivity (Wildman–Crippen MR) is 69.5 cm³/mol. The average molecular weight is 234 g/mol. The third-order valence-electron chi connectivity index (χ3n) is 4.01. The van der Waals surface area contributed by atoms with Gasteiger partial charge in [0.1, 0.15) is 0 Å². The number of hydrogen-bond donors (Lipinski definition) is 2. The van der Waals surface area contributed by atoms with Gasteiger partial charge in [0, 0.05) is 30.9 Å². The molecule has 4 heteroatoms. The molecule has 0 aromatic carbocycles. The molecule has 0 saturated carbocycles. The third-order valence-corrected chi connectivity index (χ3v) is 4.01. The van der Waals surface area contributed by atoms with E-state index in [0.29, 0.717) is 0 Å². The number of aryl methyl sites for hydroxylation is 1. The summed E-state index contributed by atoms with van der Waals surface area (Å²) in [4.78, 5) is 2.45. The number of nitrogens with zero attached hydrogens (tertiary/aromatic N) is 2. The fraction of sp³-hybridized carbons (Fsp3) is 0.769. The number of rotatable bonds is 1. The van der Waals surface area contributed by atoms with Crippen LogP contribution in [0.4, 0.5) is 5.82 Å². The van der Waals surface area contributed by atoms with Gasteiger partial charge in [0.15, 0.2) is 5.82 Å². The summed E-state index contributed by atoms with van der Waals surface area (Å²) in [5.74, 6) is 2.04. The lowest BCUT2D eigenvalue weighted by Gasteiger charge is -2.24. The number of aromatic nitrogens is 2. The van der Waals surface area contributed by atoms with Crippen molar-refractivity contribution in [2.24, 2.45) is 5.92 Å². The van der Waals surface area contributed by atoms with Crippen LogP contribution in [0.25, 0.3) is 0 Å². The number of aromatic amines is 1. The lowest BCUT2D eigenvalue weighted by Crippen LogP contribution is -2.29. The molecule has 1 aromatic heterocycles. The van der Waals surface area contributed by atoms with Crippen LogP contribution in [0.15, 0.2) is 0 Å². The van der Waals surface area contributed by atoms with Crippen LogP contribution in [0, 0.1) is 5.92 Å². The first-order chi connectivity index (χ1) is 8.34. The Balaban J connectivity index is 1.84. The zero-order valence-corrected chi connectivity index (χ0v) is 10.6. The zero-order valence-electron chi connectivity index (χ0n) is 10.6. The lowest BCUT2D eigenvalue weighted by atomic mass is 9.88. The van der Waals surface area contributed by atoms with E-state index in [1.54, 1.807) is 0 Å². The second-order valence-electron chi connectivity index (χ2n) is 5.44. The van der Waals surface area contributed by atoms with Crippen molar-refractivity contribution < 1.29 is 0 Å². The molecule has 1 fully saturated rings. The Hall–Kier alpha value is -1.03. The van der Waals surface area contributed by atoms with Gasteiger partial charge >= 0.3 is 0 Å². The number of hydrogen-bond acceptors (Lipinski definition) is 3. The number of anilines is 1. The third kappa shape index (κ3) is 2.18. The maximum atomic E-state index is 4.57. The van der Waals surface area contributed by atoms with E-state index in [2.05, 4.69) is 27.3 Å². The maximum Gasteiger partial charge on any atom is 0.153 e. The van der Waals surface area contributed by atoms with E-state index in [9.17, 15) is 0 Å². The van der Waals surface area contributed by atoms with Crippen molar-refractivity contribution in [3.8, 4) is 0 Å². The summed E-state index contributed by atoms with van der Waals surface area (Å²) in [5, 5.41) is 11.3. The van der Waals surface area contributed by atoms with Gasteiger partial charge < -0.3 is 10.2 Å². The molecule has 3 rings (SSSR count). The van der Waals surface area contributed by atoms with Crippen molar-refractivity contribution in [1.29, 1.82) is 0 Å². The van der Waals surface area contributed by atoms with Crippen molar-refractivity contribution in [3.05, 3.63) is 11.3 Å². The van der Waals surface area contributed by atoms with Crippen LogP contribution < -0.4 is 10.2 Å². The van der Waals surface area contributed by atoms with Gasteiger partial charge in [-0.3, -0.25) is 5.10 Å². The highest BCUT2D eigenvalue weighted by atomic mass is 15.3. The van der Waals surface area contributed by atoms with Crippen molar-refractivity contribution in [2.75, 3.05) is 31.1 Å². The van der Waals surface area contributed by atoms with Gasteiger partial charge in [-0.15, -0.1) is 0 Å². The quantitative estimate of drug-likeness (QED) is 0.770. The molecule has 2 aliphatic rings. The summed E-state index contributed by atoms with van der Waals surface area (Å²) < 4.78 is 0. The summed E-state index contributed by atoms with van der Waals surface area (Å²) in [6, 6.07) is 0. The van der Waals surface area contributed by atoms with Gasteiger partial charge in [0.25, 0.3) is 0 Å². The largest absolute Gasteiger partial charge is 0.354 e. The monoisotopic (exact) mass is 234 g/mol. The summed E-state index contributed by atoms with van der Waals surface area (Å²) in [5.41, 5.74) is 2.88. The van der Waals surface area contributed by atoms with Gasteiger partial charge in [0.2, 0.25) is 0 Å². The molecule has 0 radical (unpaired) electrons. The topological polar surface area (TPSA) is 44.0 Å². The molecule has 1 aliphatic carbocycles. The van der Waals surface area contributed by atoms with E-state index < -0.39 is 0 Å². The highest BCUT2D eigenvalue weighted by molar-refractivity contribution is 5.50. The number of nitrogens with one attached hydrogen (secondary N) is 2. The van der Waals surface area contributed by atoms with Gasteiger partial charge in [0.05, 0.1) is 0 Å². The van der Waals surface area contributed by atoms with Crippen LogP contribution in [-0.4, -0.2) is 36.4 Å². The molecule has 4 nitrogen and oxygen atoms in total. The van der Waals surface area contributed by atoms with Crippen molar-refractivity contribution in [3.63, 3.8) is 0 Å². The molecule has 0 spiro atoms. The molecule has 1 unspecified atom stereocenters. The fourth-order valence-corrected chi connectivity index (χ4v) is 2.97. The van der Waals surface area contributed by atoms with Crippen molar-refractivity contribution in [2.45, 2.75) is 32.6 Å². The van der Waals surface area contributed by atoms with E-state index >= 15 is 0 Å². The van der Waals surface area contributed by atoms with Crippen LogP contribution in [0.2, 0.25) is 0 Å². The maximum absolute atomic E-state index is 4.57. The van der Waals surface area contributed by atoms with Crippen LogP contribution in [0.3, 0.4) is 0 Å². The Morgan fingerprint density at radius 1 is 1.29 bits per heavy atom. The molecule has 0 amide bonds. The van der Waals surface area contributed by atoms with E-state index in [1.807, 2.05) is 0 Å². The summed E-state index contributed by atoms with van der Waals surface area (Å²) in [6.45, 7) is 6.80. The predicted octanol–water partition coefficient (Wildman–Crippen LogP) is 1.33. The molecule has 17 heavy (non-hydrogen) atoms. The molecule has 94 valence electrons. The Morgan fingerprint density at radius 3 is 3.18 bits per heavy atom.